The molecule has 0 saturated carbocycles. The molecule has 104 valence electrons. The Morgan fingerprint density at radius 3 is 2.26 bits per heavy atom. The van der Waals surface area contributed by atoms with Gasteiger partial charge in [0.1, 0.15) is 5.78 Å². The van der Waals surface area contributed by atoms with Crippen molar-refractivity contribution in [1.29, 1.82) is 0 Å². The molecular weight excluding hydrogens is 238 g/mol. The van der Waals surface area contributed by atoms with Crippen LogP contribution in [0, 0.1) is 11.8 Å². The SMILES string of the molecule is CC.O=C1C2COCC1CN(Cc1ccccc1)C2. The van der Waals surface area contributed by atoms with E-state index in [0.717, 1.165) is 19.6 Å². The Morgan fingerprint density at radius 2 is 1.68 bits per heavy atom. The summed E-state index contributed by atoms with van der Waals surface area (Å²) in [5.41, 5.74) is 1.32. The lowest BCUT2D eigenvalue weighted by molar-refractivity contribution is -0.145. The maximum atomic E-state index is 11.9. The second kappa shape index (κ2) is 6.83. The van der Waals surface area contributed by atoms with E-state index < -0.39 is 0 Å². The highest BCUT2D eigenvalue weighted by atomic mass is 16.5. The van der Waals surface area contributed by atoms with Crippen LogP contribution in [0.3, 0.4) is 0 Å². The first-order valence-corrected chi connectivity index (χ1v) is 7.20. The van der Waals surface area contributed by atoms with E-state index in [1.807, 2.05) is 19.9 Å². The maximum absolute atomic E-state index is 11.9. The van der Waals surface area contributed by atoms with Crippen LogP contribution in [0.4, 0.5) is 0 Å². The Kier molecular flexibility index (Phi) is 5.11. The zero-order valence-electron chi connectivity index (χ0n) is 11.8. The van der Waals surface area contributed by atoms with Crippen molar-refractivity contribution in [3.8, 4) is 0 Å². The van der Waals surface area contributed by atoms with Crippen LogP contribution in [0.5, 0.6) is 0 Å². The Labute approximate surface area is 115 Å². The number of hydrogen-bond donors (Lipinski definition) is 0. The van der Waals surface area contributed by atoms with Crippen molar-refractivity contribution < 1.29 is 9.53 Å². The largest absolute Gasteiger partial charge is 0.380 e. The molecule has 0 aromatic heterocycles. The van der Waals surface area contributed by atoms with Gasteiger partial charge in [0.25, 0.3) is 0 Å². The van der Waals surface area contributed by atoms with Gasteiger partial charge < -0.3 is 4.74 Å². The highest BCUT2D eigenvalue weighted by Gasteiger charge is 2.38. The lowest BCUT2D eigenvalue weighted by Gasteiger charge is -2.39. The van der Waals surface area contributed by atoms with Crippen molar-refractivity contribution in [1.82, 2.24) is 4.90 Å². The number of likely N-dealkylation sites (tertiary alicyclic amines) is 1. The van der Waals surface area contributed by atoms with Crippen LogP contribution in [0.15, 0.2) is 30.3 Å². The number of ketones is 1. The molecule has 2 fully saturated rings. The number of benzene rings is 1. The van der Waals surface area contributed by atoms with Crippen molar-refractivity contribution in [3.63, 3.8) is 0 Å². The number of rotatable bonds is 2. The molecule has 3 nitrogen and oxygen atoms in total. The topological polar surface area (TPSA) is 29.5 Å². The maximum Gasteiger partial charge on any atom is 0.146 e. The van der Waals surface area contributed by atoms with Gasteiger partial charge in [0.2, 0.25) is 0 Å². The third-order valence-corrected chi connectivity index (χ3v) is 3.65. The quantitative estimate of drug-likeness (QED) is 0.818. The van der Waals surface area contributed by atoms with Crippen LogP contribution in [0.1, 0.15) is 19.4 Å². The van der Waals surface area contributed by atoms with Gasteiger partial charge in [-0.2, -0.15) is 0 Å². The summed E-state index contributed by atoms with van der Waals surface area (Å²) in [5, 5.41) is 0. The molecule has 2 saturated heterocycles. The molecule has 2 aliphatic heterocycles. The van der Waals surface area contributed by atoms with Crippen molar-refractivity contribution in [2.45, 2.75) is 20.4 Å². The first-order valence-electron chi connectivity index (χ1n) is 7.20. The van der Waals surface area contributed by atoms with Crippen molar-refractivity contribution in [2.75, 3.05) is 26.3 Å². The van der Waals surface area contributed by atoms with E-state index in [9.17, 15) is 4.79 Å². The highest BCUT2D eigenvalue weighted by molar-refractivity contribution is 5.85. The molecule has 0 amide bonds. The number of ether oxygens (including phenoxy) is 1. The Balaban J connectivity index is 0.000000637. The smallest absolute Gasteiger partial charge is 0.146 e. The van der Waals surface area contributed by atoms with Crippen molar-refractivity contribution >= 4 is 5.78 Å². The predicted octanol–water partition coefficient (Wildman–Crippen LogP) is 2.36. The van der Waals surface area contributed by atoms with E-state index >= 15 is 0 Å². The first-order chi connectivity index (χ1) is 9.33. The number of fused-ring (bicyclic) bond motifs is 2. The average molecular weight is 261 g/mol. The molecule has 2 bridgehead atoms. The average Bonchev–Trinajstić information content (AvgIpc) is 2.43. The highest BCUT2D eigenvalue weighted by Crippen LogP contribution is 2.24. The molecule has 0 radical (unpaired) electrons. The van der Waals surface area contributed by atoms with Gasteiger partial charge in [-0.3, -0.25) is 9.69 Å². The van der Waals surface area contributed by atoms with Crippen molar-refractivity contribution in [3.05, 3.63) is 35.9 Å². The van der Waals surface area contributed by atoms with Gasteiger partial charge in [-0.1, -0.05) is 44.2 Å². The van der Waals surface area contributed by atoms with Crippen molar-refractivity contribution in [2.24, 2.45) is 11.8 Å². The van der Waals surface area contributed by atoms with E-state index in [4.69, 9.17) is 4.74 Å². The summed E-state index contributed by atoms with van der Waals surface area (Å²) in [5.74, 6) is 0.623. The fourth-order valence-corrected chi connectivity index (χ4v) is 2.80. The van der Waals surface area contributed by atoms with Crippen LogP contribution in [0.2, 0.25) is 0 Å². The Morgan fingerprint density at radius 1 is 1.11 bits per heavy atom. The summed E-state index contributed by atoms with van der Waals surface area (Å²) in [4.78, 5) is 14.3. The summed E-state index contributed by atoms with van der Waals surface area (Å²) in [6.07, 6.45) is 0. The molecule has 1 aromatic carbocycles. The van der Waals surface area contributed by atoms with Crippen LogP contribution in [0.25, 0.3) is 0 Å². The second-order valence-electron chi connectivity index (χ2n) is 5.01. The van der Waals surface area contributed by atoms with Crippen LogP contribution >= 0.6 is 0 Å². The summed E-state index contributed by atoms with van der Waals surface area (Å²) in [6, 6.07) is 10.4. The van der Waals surface area contributed by atoms with E-state index in [0.29, 0.717) is 19.0 Å². The zero-order valence-corrected chi connectivity index (χ0v) is 11.8. The van der Waals surface area contributed by atoms with Gasteiger partial charge in [0, 0.05) is 19.6 Å². The van der Waals surface area contributed by atoms with Gasteiger partial charge in [-0.15, -0.1) is 0 Å². The van der Waals surface area contributed by atoms with E-state index in [1.165, 1.54) is 5.56 Å². The number of hydrogen-bond acceptors (Lipinski definition) is 3. The van der Waals surface area contributed by atoms with Gasteiger partial charge in [0.05, 0.1) is 25.0 Å². The molecule has 0 aliphatic carbocycles. The predicted molar refractivity (Wildman–Crippen MR) is 75.9 cm³/mol. The molecule has 2 aliphatic rings. The van der Waals surface area contributed by atoms with Gasteiger partial charge >= 0.3 is 0 Å². The number of carbonyl (C=O) groups excluding carboxylic acids is 1. The van der Waals surface area contributed by atoms with Gasteiger partial charge in [0.15, 0.2) is 0 Å². The van der Waals surface area contributed by atoms with Gasteiger partial charge in [-0.05, 0) is 5.56 Å². The molecule has 2 heterocycles. The summed E-state index contributed by atoms with van der Waals surface area (Å²) >= 11 is 0. The lowest BCUT2D eigenvalue weighted by Crippen LogP contribution is -2.52. The van der Waals surface area contributed by atoms with E-state index in [-0.39, 0.29) is 11.8 Å². The molecule has 3 rings (SSSR count). The molecule has 3 heteroatoms. The molecule has 0 N–H and O–H groups in total. The fraction of sp³-hybridized carbons (Fsp3) is 0.562. The first kappa shape index (κ1) is 14.2. The molecular formula is C16H23NO2. The molecule has 0 spiro atoms. The van der Waals surface area contributed by atoms with Crippen LogP contribution in [-0.2, 0) is 16.1 Å². The Hall–Kier alpha value is -1.19. The number of Topliss-reactive ketones (excluding diaryl/α,β-unsaturated/α-hetero) is 1. The molecule has 2 atom stereocenters. The summed E-state index contributed by atoms with van der Waals surface area (Å²) in [6.45, 7) is 7.87. The van der Waals surface area contributed by atoms with Crippen LogP contribution in [-0.4, -0.2) is 37.0 Å². The van der Waals surface area contributed by atoms with E-state index in [1.54, 1.807) is 0 Å². The zero-order chi connectivity index (χ0) is 13.7. The molecule has 1 aromatic rings. The monoisotopic (exact) mass is 261 g/mol. The minimum absolute atomic E-state index is 0.103. The number of nitrogens with zero attached hydrogens (tertiary/aromatic N) is 1. The second-order valence-corrected chi connectivity index (χ2v) is 5.01. The van der Waals surface area contributed by atoms with E-state index in [2.05, 4.69) is 29.2 Å². The minimum atomic E-state index is 0.103. The molecule has 19 heavy (non-hydrogen) atoms. The summed E-state index contributed by atoms with van der Waals surface area (Å²) in [7, 11) is 0. The standard InChI is InChI=1S/C14H17NO2.C2H6/c16-14-12-7-15(8-13(14)10-17-9-12)6-11-4-2-1-3-5-11;1-2/h1-5,12-13H,6-10H2;1-2H3. The summed E-state index contributed by atoms with van der Waals surface area (Å²) < 4.78 is 5.46. The van der Waals surface area contributed by atoms with Gasteiger partial charge in [-0.25, -0.2) is 0 Å². The molecule has 2 unspecified atom stereocenters. The van der Waals surface area contributed by atoms with Crippen LogP contribution < -0.4 is 0 Å². The number of piperidine rings is 1. The number of carbonyl (C=O) groups is 1. The third kappa shape index (κ3) is 3.43. The fourth-order valence-electron chi connectivity index (χ4n) is 2.80. The Bertz CT molecular complexity index is 388. The normalized spacial score (nSPS) is 26.5. The minimum Gasteiger partial charge on any atom is -0.380 e. The third-order valence-electron chi connectivity index (χ3n) is 3.65. The lowest BCUT2D eigenvalue weighted by atomic mass is 9.86.